The Balaban J connectivity index is 2.25. The molecule has 1 fully saturated rings. The molecule has 1 unspecified atom stereocenters. The Morgan fingerprint density at radius 3 is 2.34 bits per heavy atom. The summed E-state index contributed by atoms with van der Waals surface area (Å²) in [5.41, 5.74) is 1.12. The van der Waals surface area contributed by atoms with Crippen molar-refractivity contribution < 1.29 is 19.1 Å². The van der Waals surface area contributed by atoms with Gasteiger partial charge in [-0.05, 0) is 59.9 Å². The lowest BCUT2D eigenvalue weighted by Gasteiger charge is -2.36. The van der Waals surface area contributed by atoms with Crippen molar-refractivity contribution >= 4 is 17.9 Å². The summed E-state index contributed by atoms with van der Waals surface area (Å²) in [7, 11) is 0. The summed E-state index contributed by atoms with van der Waals surface area (Å²) < 4.78 is 5.24. The van der Waals surface area contributed by atoms with Crippen LogP contribution in [0.1, 0.15) is 83.9 Å². The Kier molecular flexibility index (Phi) is 9.10. The molecular formula is C25H39N3O4. The summed E-state index contributed by atoms with van der Waals surface area (Å²) in [6.45, 7) is 10.8. The van der Waals surface area contributed by atoms with Gasteiger partial charge in [0.1, 0.15) is 18.2 Å². The zero-order valence-electron chi connectivity index (χ0n) is 20.4. The third kappa shape index (κ3) is 7.84. The van der Waals surface area contributed by atoms with E-state index in [1.807, 2.05) is 45.0 Å². The SMILES string of the molecule is Cc1cccc(C(C(=O)NC2CCCCC2)N(C(=O)CNC(=O)OC(C)(C)C)C(C)C)c1. The predicted molar refractivity (Wildman–Crippen MR) is 125 cm³/mol. The van der Waals surface area contributed by atoms with Gasteiger partial charge in [-0.25, -0.2) is 4.79 Å². The fourth-order valence-electron chi connectivity index (χ4n) is 4.09. The molecular weight excluding hydrogens is 406 g/mol. The highest BCUT2D eigenvalue weighted by molar-refractivity contribution is 5.90. The van der Waals surface area contributed by atoms with Gasteiger partial charge in [-0.1, -0.05) is 49.1 Å². The van der Waals surface area contributed by atoms with Crippen molar-refractivity contribution in [3.05, 3.63) is 35.4 Å². The van der Waals surface area contributed by atoms with Gasteiger partial charge in [-0.3, -0.25) is 9.59 Å². The molecule has 0 bridgehead atoms. The molecule has 0 spiro atoms. The fraction of sp³-hybridized carbons (Fsp3) is 0.640. The minimum Gasteiger partial charge on any atom is -0.444 e. The summed E-state index contributed by atoms with van der Waals surface area (Å²) in [4.78, 5) is 40.3. The van der Waals surface area contributed by atoms with E-state index in [2.05, 4.69) is 10.6 Å². The third-order valence-corrected chi connectivity index (χ3v) is 5.46. The Bertz CT molecular complexity index is 795. The van der Waals surface area contributed by atoms with Crippen LogP contribution in [0.5, 0.6) is 0 Å². The number of nitrogens with zero attached hydrogens (tertiary/aromatic N) is 1. The Hall–Kier alpha value is -2.57. The number of alkyl carbamates (subject to hydrolysis) is 1. The normalized spacial score (nSPS) is 15.7. The zero-order valence-corrected chi connectivity index (χ0v) is 20.4. The molecule has 2 N–H and O–H groups in total. The van der Waals surface area contributed by atoms with Gasteiger partial charge in [0.25, 0.3) is 0 Å². The average Bonchev–Trinajstić information content (AvgIpc) is 2.69. The van der Waals surface area contributed by atoms with Gasteiger partial charge in [0.2, 0.25) is 11.8 Å². The number of hydrogen-bond acceptors (Lipinski definition) is 4. The molecule has 3 amide bonds. The number of nitrogens with one attached hydrogen (secondary N) is 2. The number of carbonyl (C=O) groups is 3. The molecule has 1 saturated carbocycles. The zero-order chi connectivity index (χ0) is 23.9. The van der Waals surface area contributed by atoms with Crippen molar-refractivity contribution in [3.8, 4) is 0 Å². The van der Waals surface area contributed by atoms with Gasteiger partial charge in [0.15, 0.2) is 0 Å². The summed E-state index contributed by atoms with van der Waals surface area (Å²) in [5.74, 6) is -0.516. The maximum Gasteiger partial charge on any atom is 0.408 e. The van der Waals surface area contributed by atoms with Crippen molar-refractivity contribution in [1.29, 1.82) is 0 Å². The molecule has 7 nitrogen and oxygen atoms in total. The monoisotopic (exact) mass is 445 g/mol. The van der Waals surface area contributed by atoms with Gasteiger partial charge >= 0.3 is 6.09 Å². The fourth-order valence-corrected chi connectivity index (χ4v) is 4.09. The Morgan fingerprint density at radius 1 is 1.12 bits per heavy atom. The van der Waals surface area contributed by atoms with E-state index in [0.717, 1.165) is 36.8 Å². The molecule has 0 saturated heterocycles. The summed E-state index contributed by atoms with van der Waals surface area (Å²) >= 11 is 0. The lowest BCUT2D eigenvalue weighted by atomic mass is 9.94. The lowest BCUT2D eigenvalue weighted by Crippen LogP contribution is -2.52. The third-order valence-electron chi connectivity index (χ3n) is 5.46. The van der Waals surface area contributed by atoms with Crippen LogP contribution in [0.25, 0.3) is 0 Å². The van der Waals surface area contributed by atoms with Crippen LogP contribution in [0, 0.1) is 6.92 Å². The highest BCUT2D eigenvalue weighted by atomic mass is 16.6. The van der Waals surface area contributed by atoms with Crippen molar-refractivity contribution in [3.63, 3.8) is 0 Å². The number of benzene rings is 1. The van der Waals surface area contributed by atoms with Crippen LogP contribution in [0.2, 0.25) is 0 Å². The first-order valence-electron chi connectivity index (χ1n) is 11.6. The summed E-state index contributed by atoms with van der Waals surface area (Å²) in [6.07, 6.45) is 4.66. The van der Waals surface area contributed by atoms with Crippen molar-refractivity contribution in [2.75, 3.05) is 6.54 Å². The maximum absolute atomic E-state index is 13.5. The molecule has 0 aromatic heterocycles. The van der Waals surface area contributed by atoms with Crippen LogP contribution in [-0.2, 0) is 14.3 Å². The van der Waals surface area contributed by atoms with Gasteiger partial charge < -0.3 is 20.3 Å². The highest BCUT2D eigenvalue weighted by Crippen LogP contribution is 2.26. The van der Waals surface area contributed by atoms with E-state index >= 15 is 0 Å². The number of carbonyl (C=O) groups excluding carboxylic acids is 3. The average molecular weight is 446 g/mol. The van der Waals surface area contributed by atoms with Crippen molar-refractivity contribution in [1.82, 2.24) is 15.5 Å². The molecule has 32 heavy (non-hydrogen) atoms. The van der Waals surface area contributed by atoms with Gasteiger partial charge in [-0.2, -0.15) is 0 Å². The number of amides is 3. The van der Waals surface area contributed by atoms with Crippen LogP contribution in [0.3, 0.4) is 0 Å². The molecule has 1 aromatic carbocycles. The van der Waals surface area contributed by atoms with E-state index in [1.54, 1.807) is 25.7 Å². The van der Waals surface area contributed by atoms with E-state index < -0.39 is 17.7 Å². The van der Waals surface area contributed by atoms with E-state index in [-0.39, 0.29) is 30.4 Å². The molecule has 7 heteroatoms. The second-order valence-corrected chi connectivity index (χ2v) is 9.91. The van der Waals surface area contributed by atoms with Crippen LogP contribution in [0.4, 0.5) is 4.79 Å². The van der Waals surface area contributed by atoms with Crippen LogP contribution >= 0.6 is 0 Å². The van der Waals surface area contributed by atoms with E-state index in [1.165, 1.54) is 6.42 Å². The molecule has 1 aliphatic carbocycles. The second kappa shape index (κ2) is 11.3. The molecule has 178 valence electrons. The number of rotatable bonds is 7. The summed E-state index contributed by atoms with van der Waals surface area (Å²) in [5, 5.41) is 5.71. The Labute approximate surface area is 192 Å². The smallest absolute Gasteiger partial charge is 0.408 e. The van der Waals surface area contributed by atoms with Crippen LogP contribution < -0.4 is 10.6 Å². The lowest BCUT2D eigenvalue weighted by molar-refractivity contribution is -0.142. The van der Waals surface area contributed by atoms with Gasteiger partial charge in [-0.15, -0.1) is 0 Å². The standard InChI is InChI=1S/C25H39N3O4/c1-17(2)28(21(29)16-26-24(31)32-25(4,5)6)22(19-12-10-11-18(3)15-19)23(30)27-20-13-8-7-9-14-20/h10-12,15,17,20,22H,7-9,13-14,16H2,1-6H3,(H,26,31)(H,27,30). The molecule has 2 rings (SSSR count). The minimum atomic E-state index is -0.773. The number of hydrogen-bond donors (Lipinski definition) is 2. The minimum absolute atomic E-state index is 0.132. The number of ether oxygens (including phenoxy) is 1. The highest BCUT2D eigenvalue weighted by Gasteiger charge is 2.34. The van der Waals surface area contributed by atoms with Gasteiger partial charge in [0, 0.05) is 12.1 Å². The topological polar surface area (TPSA) is 87.7 Å². The summed E-state index contributed by atoms with van der Waals surface area (Å²) in [6, 6.07) is 6.79. The first-order chi connectivity index (χ1) is 15.0. The molecule has 0 heterocycles. The van der Waals surface area contributed by atoms with E-state index in [4.69, 9.17) is 4.74 Å². The second-order valence-electron chi connectivity index (χ2n) is 9.91. The molecule has 0 aliphatic heterocycles. The van der Waals surface area contributed by atoms with Crippen molar-refractivity contribution in [2.45, 2.75) is 97.4 Å². The molecule has 1 atom stereocenters. The van der Waals surface area contributed by atoms with E-state index in [9.17, 15) is 14.4 Å². The quantitative estimate of drug-likeness (QED) is 0.657. The maximum atomic E-state index is 13.5. The largest absolute Gasteiger partial charge is 0.444 e. The van der Waals surface area contributed by atoms with Crippen molar-refractivity contribution in [2.24, 2.45) is 0 Å². The van der Waals surface area contributed by atoms with E-state index in [0.29, 0.717) is 0 Å². The first kappa shape index (κ1) is 25.7. The molecule has 1 aromatic rings. The molecule has 1 aliphatic rings. The predicted octanol–water partition coefficient (Wildman–Crippen LogP) is 4.25. The molecule has 0 radical (unpaired) electrons. The van der Waals surface area contributed by atoms with Gasteiger partial charge in [0.05, 0.1) is 0 Å². The number of aryl methyl sites for hydroxylation is 1. The first-order valence-corrected chi connectivity index (χ1v) is 11.6. The van der Waals surface area contributed by atoms with Crippen LogP contribution in [0.15, 0.2) is 24.3 Å². The van der Waals surface area contributed by atoms with Crippen LogP contribution in [-0.4, -0.2) is 47.0 Å². The Morgan fingerprint density at radius 2 is 1.78 bits per heavy atom.